The maximum Gasteiger partial charge on any atom is 0.336 e. The van der Waals surface area contributed by atoms with Crippen LogP contribution in [0.1, 0.15) is 49.7 Å². The number of carbonyl (C=O) groups is 2. The van der Waals surface area contributed by atoms with Crippen molar-refractivity contribution in [3.05, 3.63) is 92.8 Å². The number of esters is 1. The molecule has 4 rings (SSSR count). The van der Waals surface area contributed by atoms with Gasteiger partial charge in [-0.3, -0.25) is 4.79 Å². The van der Waals surface area contributed by atoms with Crippen molar-refractivity contribution in [2.45, 2.75) is 38.5 Å². The summed E-state index contributed by atoms with van der Waals surface area (Å²) in [5.41, 5.74) is 2.38. The van der Waals surface area contributed by atoms with E-state index >= 15 is 0 Å². The highest BCUT2D eigenvalue weighted by molar-refractivity contribution is 6.30. The minimum atomic E-state index is -1.04. The van der Waals surface area contributed by atoms with Crippen LogP contribution >= 0.6 is 11.6 Å². The van der Waals surface area contributed by atoms with Crippen molar-refractivity contribution in [1.29, 1.82) is 0 Å². The lowest BCUT2D eigenvalue weighted by Crippen LogP contribution is -2.36. The van der Waals surface area contributed by atoms with E-state index < -0.39 is 23.5 Å². The Morgan fingerprint density at radius 2 is 1.88 bits per heavy atom. The molecule has 2 aromatic carbocycles. The van der Waals surface area contributed by atoms with Crippen molar-refractivity contribution in [1.82, 2.24) is 5.32 Å². The van der Waals surface area contributed by atoms with Crippen LogP contribution in [0.5, 0.6) is 0 Å². The number of ketones is 1. The van der Waals surface area contributed by atoms with Crippen LogP contribution in [0.3, 0.4) is 0 Å². The molecule has 2 aromatic rings. The summed E-state index contributed by atoms with van der Waals surface area (Å²) in [5, 5.41) is 3.78. The van der Waals surface area contributed by atoms with Crippen molar-refractivity contribution < 1.29 is 23.1 Å². The Morgan fingerprint density at radius 3 is 2.56 bits per heavy atom. The van der Waals surface area contributed by atoms with Crippen molar-refractivity contribution in [2.75, 3.05) is 6.61 Å². The Kier molecular flexibility index (Phi) is 6.15. The summed E-state index contributed by atoms with van der Waals surface area (Å²) in [7, 11) is 0. The number of hydrogen-bond donors (Lipinski definition) is 1. The molecule has 0 unspecified atom stereocenters. The number of benzene rings is 2. The van der Waals surface area contributed by atoms with Gasteiger partial charge in [0, 0.05) is 34.0 Å². The Bertz CT molecular complexity index is 1150. The Balaban J connectivity index is 1.83. The van der Waals surface area contributed by atoms with Gasteiger partial charge in [0.15, 0.2) is 5.78 Å². The van der Waals surface area contributed by atoms with Gasteiger partial charge in [0.05, 0.1) is 18.1 Å². The molecule has 0 spiro atoms. The van der Waals surface area contributed by atoms with Crippen LogP contribution < -0.4 is 5.32 Å². The molecule has 1 aliphatic heterocycles. The molecule has 0 fully saturated rings. The molecule has 0 saturated carbocycles. The van der Waals surface area contributed by atoms with Crippen LogP contribution in [0, 0.1) is 11.6 Å². The molecule has 0 radical (unpaired) electrons. The molecule has 7 heteroatoms. The zero-order valence-corrected chi connectivity index (χ0v) is 18.4. The number of rotatable bonds is 4. The molecular weight excluding hydrogens is 436 g/mol. The summed E-state index contributed by atoms with van der Waals surface area (Å²) in [6.45, 7) is 3.46. The number of ether oxygens (including phenoxy) is 1. The molecule has 2 aliphatic rings. The monoisotopic (exact) mass is 457 g/mol. The van der Waals surface area contributed by atoms with E-state index in [1.807, 2.05) is 12.1 Å². The van der Waals surface area contributed by atoms with Crippen LogP contribution in [-0.4, -0.2) is 18.4 Å². The first-order valence-electron chi connectivity index (χ1n) is 10.4. The van der Waals surface area contributed by atoms with Crippen LogP contribution in [0.4, 0.5) is 8.78 Å². The number of allylic oxidation sites excluding steroid dienone is 3. The quantitative estimate of drug-likeness (QED) is 0.612. The zero-order chi connectivity index (χ0) is 23.0. The van der Waals surface area contributed by atoms with Gasteiger partial charge in [0.2, 0.25) is 0 Å². The Morgan fingerprint density at radius 1 is 1.16 bits per heavy atom. The molecule has 0 bridgehead atoms. The van der Waals surface area contributed by atoms with Gasteiger partial charge in [0.25, 0.3) is 0 Å². The van der Waals surface area contributed by atoms with Gasteiger partial charge in [-0.25, -0.2) is 13.6 Å². The summed E-state index contributed by atoms with van der Waals surface area (Å²) in [6.07, 6.45) is 0.675. The topological polar surface area (TPSA) is 55.4 Å². The fourth-order valence-electron chi connectivity index (χ4n) is 4.54. The van der Waals surface area contributed by atoms with Gasteiger partial charge in [0.1, 0.15) is 11.6 Å². The van der Waals surface area contributed by atoms with Gasteiger partial charge in [-0.05, 0) is 62.1 Å². The van der Waals surface area contributed by atoms with E-state index in [9.17, 15) is 18.4 Å². The minimum absolute atomic E-state index is 0.0558. The normalized spacial score (nSPS) is 20.7. The van der Waals surface area contributed by atoms with E-state index in [-0.39, 0.29) is 41.4 Å². The predicted octanol–water partition coefficient (Wildman–Crippen LogP) is 5.54. The zero-order valence-electron chi connectivity index (χ0n) is 17.7. The second-order valence-corrected chi connectivity index (χ2v) is 8.39. The van der Waals surface area contributed by atoms with Crippen molar-refractivity contribution in [3.63, 3.8) is 0 Å². The fraction of sp³-hybridized carbons (Fsp3) is 0.280. The summed E-state index contributed by atoms with van der Waals surface area (Å²) in [6, 6.07) is 10.4. The smallest absolute Gasteiger partial charge is 0.336 e. The largest absolute Gasteiger partial charge is 0.463 e. The fourth-order valence-corrected chi connectivity index (χ4v) is 4.66. The van der Waals surface area contributed by atoms with Crippen LogP contribution in [0.15, 0.2) is 65.0 Å². The second-order valence-electron chi connectivity index (χ2n) is 7.96. The SMILES string of the molecule is CCOC(=O)C1=C(C)NC2=C(C(=O)C[C@@H](c3ccc(Cl)cc3)C2)[C@H]1c1cc(F)ccc1F. The lowest BCUT2D eigenvalue weighted by molar-refractivity contribution is -0.138. The maximum absolute atomic E-state index is 14.9. The summed E-state index contributed by atoms with van der Waals surface area (Å²) in [4.78, 5) is 26.2. The number of halogens is 3. The maximum atomic E-state index is 14.9. The Hall–Kier alpha value is -2.99. The molecular formula is C25H22ClF2NO3. The molecule has 0 amide bonds. The number of hydrogen-bond acceptors (Lipinski definition) is 4. The molecule has 0 saturated heterocycles. The van der Waals surface area contributed by atoms with Crippen LogP contribution in [-0.2, 0) is 14.3 Å². The molecule has 4 nitrogen and oxygen atoms in total. The first kappa shape index (κ1) is 22.2. The molecule has 2 atom stereocenters. The van der Waals surface area contributed by atoms with Crippen LogP contribution in [0.25, 0.3) is 0 Å². The van der Waals surface area contributed by atoms with Crippen LogP contribution in [0.2, 0.25) is 5.02 Å². The number of dihydropyridines is 1. The van der Waals surface area contributed by atoms with E-state index in [1.54, 1.807) is 26.0 Å². The van der Waals surface area contributed by atoms with E-state index in [0.29, 0.717) is 22.8 Å². The second kappa shape index (κ2) is 8.87. The first-order chi connectivity index (χ1) is 15.3. The molecule has 1 heterocycles. The highest BCUT2D eigenvalue weighted by Gasteiger charge is 2.42. The van der Waals surface area contributed by atoms with Crippen molar-refractivity contribution in [2.24, 2.45) is 0 Å². The summed E-state index contributed by atoms with van der Waals surface area (Å²) >= 11 is 5.99. The molecule has 1 aliphatic carbocycles. The lowest BCUT2D eigenvalue weighted by Gasteiger charge is -2.36. The van der Waals surface area contributed by atoms with E-state index in [4.69, 9.17) is 16.3 Å². The van der Waals surface area contributed by atoms with Gasteiger partial charge >= 0.3 is 5.97 Å². The van der Waals surface area contributed by atoms with E-state index in [2.05, 4.69) is 5.32 Å². The Labute approximate surface area is 189 Å². The van der Waals surface area contributed by atoms with E-state index in [0.717, 1.165) is 23.8 Å². The molecule has 1 N–H and O–H groups in total. The average Bonchev–Trinajstić information content (AvgIpc) is 2.75. The minimum Gasteiger partial charge on any atom is -0.463 e. The van der Waals surface area contributed by atoms with Gasteiger partial charge in [-0.15, -0.1) is 0 Å². The molecule has 166 valence electrons. The summed E-state index contributed by atoms with van der Waals surface area (Å²) in [5.74, 6) is -3.36. The lowest BCUT2D eigenvalue weighted by atomic mass is 9.71. The number of carbonyl (C=O) groups excluding carboxylic acids is 2. The van der Waals surface area contributed by atoms with Crippen molar-refractivity contribution in [3.8, 4) is 0 Å². The average molecular weight is 458 g/mol. The number of nitrogens with one attached hydrogen (secondary N) is 1. The third-order valence-corrected chi connectivity index (χ3v) is 6.19. The van der Waals surface area contributed by atoms with Crippen molar-refractivity contribution >= 4 is 23.4 Å². The summed E-state index contributed by atoms with van der Waals surface area (Å²) < 4.78 is 34.1. The standard InChI is InChI=1S/C25H22ClF2NO3/c1-3-32-25(31)22-13(2)29-20-10-15(14-4-6-16(26)7-5-14)11-21(30)24(20)23(22)18-12-17(27)8-9-19(18)28/h4-9,12,15,23,29H,3,10-11H2,1-2H3/t15-,23-/m0/s1. The van der Waals surface area contributed by atoms with Gasteiger partial charge in [-0.2, -0.15) is 0 Å². The van der Waals surface area contributed by atoms with E-state index in [1.165, 1.54) is 0 Å². The van der Waals surface area contributed by atoms with Gasteiger partial charge < -0.3 is 10.1 Å². The first-order valence-corrected chi connectivity index (χ1v) is 10.8. The highest BCUT2D eigenvalue weighted by Crippen LogP contribution is 2.46. The number of Topliss-reactive ketones (excluding diaryl/α,β-unsaturated/α-hetero) is 1. The third kappa shape index (κ3) is 4.07. The van der Waals surface area contributed by atoms with Gasteiger partial charge in [-0.1, -0.05) is 23.7 Å². The molecule has 32 heavy (non-hydrogen) atoms. The predicted molar refractivity (Wildman–Crippen MR) is 117 cm³/mol. The third-order valence-electron chi connectivity index (χ3n) is 5.93. The highest BCUT2D eigenvalue weighted by atomic mass is 35.5. The molecule has 0 aromatic heterocycles.